The number of benzene rings is 4. The van der Waals surface area contributed by atoms with Crippen LogP contribution in [0.4, 0.5) is 24.5 Å². The van der Waals surface area contributed by atoms with Crippen molar-refractivity contribution in [3.8, 4) is 5.75 Å². The zero-order chi connectivity index (χ0) is 31.4. The van der Waals surface area contributed by atoms with Crippen LogP contribution in [0.15, 0.2) is 88.7 Å². The molecule has 45 heavy (non-hydrogen) atoms. The summed E-state index contributed by atoms with van der Waals surface area (Å²) in [6, 6.07) is 23.9. The number of esters is 1. The second kappa shape index (κ2) is 13.7. The third-order valence-electron chi connectivity index (χ3n) is 8.36. The van der Waals surface area contributed by atoms with Crippen LogP contribution in [0.3, 0.4) is 0 Å². The first kappa shape index (κ1) is 31.3. The minimum atomic E-state index is -4.38. The van der Waals surface area contributed by atoms with Gasteiger partial charge in [-0.3, -0.25) is 4.90 Å². The molecular weight excluding hydrogens is 599 g/mol. The van der Waals surface area contributed by atoms with E-state index in [-0.39, 0.29) is 12.6 Å². The smallest absolute Gasteiger partial charge is 0.416 e. The molecular formula is C35H36F3N3O3S. The van der Waals surface area contributed by atoms with Crippen molar-refractivity contribution in [1.29, 1.82) is 0 Å². The summed E-state index contributed by atoms with van der Waals surface area (Å²) >= 11 is 1.51. The molecule has 0 aromatic heterocycles. The average molecular weight is 636 g/mol. The number of nitrogens with zero attached hydrogens (tertiary/aromatic N) is 3. The number of halogens is 3. The van der Waals surface area contributed by atoms with Gasteiger partial charge in [0.1, 0.15) is 12.4 Å². The van der Waals surface area contributed by atoms with Gasteiger partial charge in [0.05, 0.1) is 16.9 Å². The molecule has 1 saturated heterocycles. The molecule has 4 aromatic rings. The molecule has 4 aromatic carbocycles. The second-order valence-electron chi connectivity index (χ2n) is 11.4. The van der Waals surface area contributed by atoms with E-state index in [1.165, 1.54) is 23.9 Å². The molecule has 0 amide bonds. The van der Waals surface area contributed by atoms with Crippen molar-refractivity contribution >= 4 is 39.9 Å². The number of anilines is 2. The van der Waals surface area contributed by atoms with Crippen molar-refractivity contribution in [1.82, 2.24) is 9.80 Å². The first-order chi connectivity index (χ1) is 21.8. The van der Waals surface area contributed by atoms with Gasteiger partial charge in [-0.2, -0.15) is 13.2 Å². The van der Waals surface area contributed by atoms with E-state index in [9.17, 15) is 18.0 Å². The Bertz CT molecular complexity index is 1660. The SMILES string of the molecule is Cc1ccc2ccccc2c1OCC(=O)OCCN1CCN(CCCN2c3ccccc3Sc3ccc(C(F)(F)F)cc32)CC1. The Kier molecular flexibility index (Phi) is 9.53. The number of rotatable bonds is 10. The summed E-state index contributed by atoms with van der Waals surface area (Å²) in [7, 11) is 0. The normalized spacial score (nSPS) is 15.5. The van der Waals surface area contributed by atoms with Gasteiger partial charge in [0.2, 0.25) is 0 Å². The fourth-order valence-corrected chi connectivity index (χ4v) is 7.02. The van der Waals surface area contributed by atoms with Crippen LogP contribution in [0.1, 0.15) is 17.5 Å². The summed E-state index contributed by atoms with van der Waals surface area (Å²) in [5.74, 6) is 0.322. The Morgan fingerprint density at radius 3 is 2.33 bits per heavy atom. The number of para-hydroxylation sites is 1. The van der Waals surface area contributed by atoms with Crippen LogP contribution in [0.2, 0.25) is 0 Å². The maximum absolute atomic E-state index is 13.5. The molecule has 6 rings (SSSR count). The number of fused-ring (bicyclic) bond motifs is 3. The number of ether oxygens (including phenoxy) is 2. The van der Waals surface area contributed by atoms with Gasteiger partial charge >= 0.3 is 12.1 Å². The number of piperazine rings is 1. The molecule has 0 saturated carbocycles. The highest BCUT2D eigenvalue weighted by Gasteiger charge is 2.33. The van der Waals surface area contributed by atoms with E-state index in [1.54, 1.807) is 6.07 Å². The van der Waals surface area contributed by atoms with Gasteiger partial charge in [-0.25, -0.2) is 4.79 Å². The molecule has 0 spiro atoms. The lowest BCUT2D eigenvalue weighted by molar-refractivity contribution is -0.146. The standard InChI is InChI=1S/C35H36F3N3O3S/c1-25-11-12-26-7-2-3-8-28(26)34(25)44-24-33(42)43-22-21-40-19-17-39(18-20-40)15-6-16-41-29-9-4-5-10-31(29)45-32-14-13-27(23-30(32)41)35(36,37)38/h2-5,7-14,23H,6,15-22,24H2,1H3. The van der Waals surface area contributed by atoms with Crippen LogP contribution in [0, 0.1) is 6.92 Å². The monoisotopic (exact) mass is 635 g/mol. The highest BCUT2D eigenvalue weighted by atomic mass is 32.2. The fourth-order valence-electron chi connectivity index (χ4n) is 5.94. The molecule has 0 bridgehead atoms. The molecule has 10 heteroatoms. The van der Waals surface area contributed by atoms with E-state index in [2.05, 4.69) is 9.80 Å². The lowest BCUT2D eigenvalue weighted by atomic mass is 10.1. The van der Waals surface area contributed by atoms with Crippen LogP contribution >= 0.6 is 11.8 Å². The van der Waals surface area contributed by atoms with E-state index in [4.69, 9.17) is 9.47 Å². The van der Waals surface area contributed by atoms with Crippen LogP contribution in [0.25, 0.3) is 10.8 Å². The minimum Gasteiger partial charge on any atom is -0.481 e. The van der Waals surface area contributed by atoms with Crippen molar-refractivity contribution in [2.45, 2.75) is 29.3 Å². The summed E-state index contributed by atoms with van der Waals surface area (Å²) in [6.45, 7) is 7.79. The van der Waals surface area contributed by atoms with Crippen molar-refractivity contribution in [2.75, 3.05) is 63.9 Å². The van der Waals surface area contributed by atoms with Crippen LogP contribution in [-0.2, 0) is 15.7 Å². The Labute approximate surface area is 265 Å². The Morgan fingerprint density at radius 2 is 1.53 bits per heavy atom. The maximum atomic E-state index is 13.5. The predicted molar refractivity (Wildman–Crippen MR) is 172 cm³/mol. The van der Waals surface area contributed by atoms with Crippen LogP contribution in [0.5, 0.6) is 5.75 Å². The number of hydrogen-bond acceptors (Lipinski definition) is 7. The van der Waals surface area contributed by atoms with E-state index in [0.717, 1.165) is 71.0 Å². The van der Waals surface area contributed by atoms with E-state index < -0.39 is 11.7 Å². The van der Waals surface area contributed by atoms with Crippen LogP contribution < -0.4 is 9.64 Å². The molecule has 0 radical (unpaired) electrons. The summed E-state index contributed by atoms with van der Waals surface area (Å²) in [6.07, 6.45) is -3.56. The second-order valence-corrected chi connectivity index (χ2v) is 12.5. The minimum absolute atomic E-state index is 0.134. The third-order valence-corrected chi connectivity index (χ3v) is 9.49. The number of alkyl halides is 3. The Balaban J connectivity index is 0.942. The zero-order valence-electron chi connectivity index (χ0n) is 25.2. The number of hydrogen-bond donors (Lipinski definition) is 0. The van der Waals surface area contributed by atoms with Gasteiger partial charge in [-0.1, -0.05) is 60.3 Å². The Morgan fingerprint density at radius 1 is 0.822 bits per heavy atom. The summed E-state index contributed by atoms with van der Waals surface area (Å²) in [4.78, 5) is 21.0. The molecule has 236 valence electrons. The van der Waals surface area contributed by atoms with E-state index in [1.807, 2.05) is 72.5 Å². The van der Waals surface area contributed by atoms with Crippen molar-refractivity contribution < 1.29 is 27.4 Å². The van der Waals surface area contributed by atoms with Gasteiger partial charge in [0.15, 0.2) is 6.61 Å². The number of carbonyl (C=O) groups is 1. The lowest BCUT2D eigenvalue weighted by Gasteiger charge is -2.36. The fraction of sp³-hybridized carbons (Fsp3) is 0.343. The van der Waals surface area contributed by atoms with Gasteiger partial charge in [0, 0.05) is 54.4 Å². The first-order valence-electron chi connectivity index (χ1n) is 15.2. The van der Waals surface area contributed by atoms with Gasteiger partial charge in [0.25, 0.3) is 0 Å². The van der Waals surface area contributed by atoms with Crippen molar-refractivity contribution in [3.63, 3.8) is 0 Å². The van der Waals surface area contributed by atoms with Crippen molar-refractivity contribution in [3.05, 3.63) is 90.0 Å². The molecule has 0 unspecified atom stereocenters. The quantitative estimate of drug-likeness (QED) is 0.168. The molecule has 6 nitrogen and oxygen atoms in total. The van der Waals surface area contributed by atoms with E-state index >= 15 is 0 Å². The highest BCUT2D eigenvalue weighted by molar-refractivity contribution is 7.99. The third kappa shape index (κ3) is 7.40. The molecule has 2 aliphatic heterocycles. The van der Waals surface area contributed by atoms with Gasteiger partial charge in [-0.05, 0) is 61.2 Å². The lowest BCUT2D eigenvalue weighted by Crippen LogP contribution is -2.47. The molecule has 2 aliphatic rings. The molecule has 2 heterocycles. The number of aryl methyl sites for hydroxylation is 1. The first-order valence-corrected chi connectivity index (χ1v) is 16.0. The summed E-state index contributed by atoms with van der Waals surface area (Å²) in [5.41, 5.74) is 1.91. The number of carbonyl (C=O) groups excluding carboxylic acids is 1. The summed E-state index contributed by atoms with van der Waals surface area (Å²) in [5, 5.41) is 2.04. The van der Waals surface area contributed by atoms with Crippen molar-refractivity contribution in [2.24, 2.45) is 0 Å². The maximum Gasteiger partial charge on any atom is 0.416 e. The highest BCUT2D eigenvalue weighted by Crippen LogP contribution is 2.49. The predicted octanol–water partition coefficient (Wildman–Crippen LogP) is 7.40. The Hall–Kier alpha value is -3.73. The van der Waals surface area contributed by atoms with Gasteiger partial charge < -0.3 is 19.3 Å². The zero-order valence-corrected chi connectivity index (χ0v) is 26.0. The molecule has 0 aliphatic carbocycles. The topological polar surface area (TPSA) is 45.3 Å². The molecule has 0 atom stereocenters. The summed E-state index contributed by atoms with van der Waals surface area (Å²) < 4.78 is 51.9. The van der Waals surface area contributed by atoms with E-state index in [0.29, 0.717) is 31.1 Å². The largest absolute Gasteiger partial charge is 0.481 e. The molecule has 1 fully saturated rings. The molecule has 0 N–H and O–H groups in total. The average Bonchev–Trinajstić information content (AvgIpc) is 3.04. The van der Waals surface area contributed by atoms with Crippen LogP contribution in [-0.4, -0.2) is 74.8 Å². The van der Waals surface area contributed by atoms with Gasteiger partial charge in [-0.15, -0.1) is 0 Å².